The van der Waals surface area contributed by atoms with Crippen LogP contribution >= 0.6 is 0 Å². The average Bonchev–Trinajstić information content (AvgIpc) is 3.13. The fourth-order valence-corrected chi connectivity index (χ4v) is 1.71. The first-order valence-electron chi connectivity index (χ1n) is 5.88. The molecule has 0 unspecified atom stereocenters. The number of halogens is 1. The Kier molecular flexibility index (Phi) is 2.59. The second-order valence-electron chi connectivity index (χ2n) is 4.43. The summed E-state index contributed by atoms with van der Waals surface area (Å²) in [6, 6.07) is 8.32. The van der Waals surface area contributed by atoms with Crippen LogP contribution in [0.2, 0.25) is 0 Å². The van der Waals surface area contributed by atoms with Gasteiger partial charge in [0.1, 0.15) is 11.6 Å². The van der Waals surface area contributed by atoms with Crippen molar-refractivity contribution in [2.75, 3.05) is 11.1 Å². The second-order valence-corrected chi connectivity index (χ2v) is 4.43. The van der Waals surface area contributed by atoms with E-state index in [0.717, 1.165) is 18.4 Å². The first kappa shape index (κ1) is 11.0. The topological polar surface area (TPSA) is 63.8 Å². The van der Waals surface area contributed by atoms with Gasteiger partial charge < -0.3 is 11.1 Å². The number of nitrogens with zero attached hydrogens (tertiary/aromatic N) is 2. The standard InChI is InChI=1S/C13H13FN4/c14-9-3-1-8(2-4-9)11-7-12(15)18-13(17-11)16-10-5-6-10/h1-4,7,10H,5-6H2,(H3,15,16,17,18). The van der Waals surface area contributed by atoms with Gasteiger partial charge in [-0.3, -0.25) is 0 Å². The molecule has 1 aliphatic carbocycles. The third-order valence-electron chi connectivity index (χ3n) is 2.80. The lowest BCUT2D eigenvalue weighted by Gasteiger charge is -2.07. The van der Waals surface area contributed by atoms with Crippen LogP contribution in [0.5, 0.6) is 0 Å². The van der Waals surface area contributed by atoms with E-state index in [9.17, 15) is 4.39 Å². The van der Waals surface area contributed by atoms with Crippen LogP contribution in [-0.2, 0) is 0 Å². The molecule has 0 radical (unpaired) electrons. The van der Waals surface area contributed by atoms with Gasteiger partial charge in [0.2, 0.25) is 5.95 Å². The molecule has 1 aromatic carbocycles. The van der Waals surface area contributed by atoms with E-state index in [1.165, 1.54) is 12.1 Å². The maximum atomic E-state index is 12.9. The predicted octanol–water partition coefficient (Wildman–Crippen LogP) is 2.44. The third kappa shape index (κ3) is 2.40. The minimum atomic E-state index is -0.267. The van der Waals surface area contributed by atoms with Gasteiger partial charge >= 0.3 is 0 Å². The molecule has 2 aromatic rings. The lowest BCUT2D eigenvalue weighted by atomic mass is 10.1. The molecule has 1 fully saturated rings. The smallest absolute Gasteiger partial charge is 0.225 e. The number of anilines is 2. The second kappa shape index (κ2) is 4.25. The van der Waals surface area contributed by atoms with Crippen molar-refractivity contribution in [3.63, 3.8) is 0 Å². The molecule has 3 rings (SSSR count). The van der Waals surface area contributed by atoms with Gasteiger partial charge in [0.05, 0.1) is 5.69 Å². The maximum Gasteiger partial charge on any atom is 0.225 e. The molecule has 4 nitrogen and oxygen atoms in total. The van der Waals surface area contributed by atoms with Crippen LogP contribution in [0.4, 0.5) is 16.2 Å². The normalized spacial score (nSPS) is 14.5. The van der Waals surface area contributed by atoms with Crippen LogP contribution in [0, 0.1) is 5.82 Å². The van der Waals surface area contributed by atoms with Gasteiger partial charge in [-0.05, 0) is 37.1 Å². The number of rotatable bonds is 3. The number of benzene rings is 1. The molecule has 0 aliphatic heterocycles. The highest BCUT2D eigenvalue weighted by atomic mass is 19.1. The first-order valence-corrected chi connectivity index (χ1v) is 5.88. The van der Waals surface area contributed by atoms with E-state index in [4.69, 9.17) is 5.73 Å². The quantitative estimate of drug-likeness (QED) is 0.870. The number of hydrogen-bond acceptors (Lipinski definition) is 4. The molecule has 18 heavy (non-hydrogen) atoms. The van der Waals surface area contributed by atoms with Gasteiger partial charge in [-0.2, -0.15) is 4.98 Å². The predicted molar refractivity (Wildman–Crippen MR) is 68.5 cm³/mol. The molecule has 3 N–H and O–H groups in total. The maximum absolute atomic E-state index is 12.9. The number of nitrogens with one attached hydrogen (secondary N) is 1. The summed E-state index contributed by atoms with van der Waals surface area (Å²) in [5.74, 6) is 0.682. The molecule has 1 aromatic heterocycles. The Morgan fingerprint density at radius 3 is 2.56 bits per heavy atom. The Balaban J connectivity index is 1.94. The van der Waals surface area contributed by atoms with Crippen molar-refractivity contribution in [1.82, 2.24) is 9.97 Å². The van der Waals surface area contributed by atoms with Crippen LogP contribution in [0.1, 0.15) is 12.8 Å². The molecule has 0 amide bonds. The molecule has 1 saturated carbocycles. The molecule has 0 bridgehead atoms. The van der Waals surface area contributed by atoms with E-state index >= 15 is 0 Å². The molecule has 1 aliphatic rings. The van der Waals surface area contributed by atoms with Crippen molar-refractivity contribution in [3.05, 3.63) is 36.1 Å². The highest BCUT2D eigenvalue weighted by molar-refractivity contribution is 5.63. The molecule has 0 spiro atoms. The fourth-order valence-electron chi connectivity index (χ4n) is 1.71. The van der Waals surface area contributed by atoms with E-state index in [-0.39, 0.29) is 5.82 Å². The van der Waals surface area contributed by atoms with Gasteiger partial charge in [-0.25, -0.2) is 9.37 Å². The molecule has 0 saturated heterocycles. The molecule has 1 heterocycles. The van der Waals surface area contributed by atoms with Crippen LogP contribution < -0.4 is 11.1 Å². The van der Waals surface area contributed by atoms with Crippen molar-refractivity contribution in [3.8, 4) is 11.3 Å². The lowest BCUT2D eigenvalue weighted by molar-refractivity contribution is 0.628. The highest BCUT2D eigenvalue weighted by Gasteiger charge is 2.22. The third-order valence-corrected chi connectivity index (χ3v) is 2.80. The summed E-state index contributed by atoms with van der Waals surface area (Å²) < 4.78 is 12.9. The van der Waals surface area contributed by atoms with Gasteiger partial charge in [-0.15, -0.1) is 0 Å². The van der Waals surface area contributed by atoms with Crippen molar-refractivity contribution in [2.45, 2.75) is 18.9 Å². The molecule has 92 valence electrons. The number of aromatic nitrogens is 2. The zero-order chi connectivity index (χ0) is 12.5. The van der Waals surface area contributed by atoms with E-state index in [0.29, 0.717) is 23.5 Å². The summed E-state index contributed by atoms with van der Waals surface area (Å²) in [5, 5.41) is 3.20. The molecule has 5 heteroatoms. The van der Waals surface area contributed by atoms with E-state index < -0.39 is 0 Å². The SMILES string of the molecule is Nc1cc(-c2ccc(F)cc2)nc(NC2CC2)n1. The van der Waals surface area contributed by atoms with Crippen molar-refractivity contribution in [2.24, 2.45) is 0 Å². The average molecular weight is 244 g/mol. The summed E-state index contributed by atoms with van der Waals surface area (Å²) in [5.41, 5.74) is 7.28. The van der Waals surface area contributed by atoms with E-state index in [1.807, 2.05) is 0 Å². The Labute approximate surface area is 104 Å². The summed E-state index contributed by atoms with van der Waals surface area (Å²) in [4.78, 5) is 8.53. The molecular formula is C13H13FN4. The first-order chi connectivity index (χ1) is 8.70. The van der Waals surface area contributed by atoms with Gasteiger partial charge in [0.25, 0.3) is 0 Å². The zero-order valence-corrected chi connectivity index (χ0v) is 9.73. The van der Waals surface area contributed by atoms with Crippen LogP contribution in [-0.4, -0.2) is 16.0 Å². The van der Waals surface area contributed by atoms with Crippen molar-refractivity contribution in [1.29, 1.82) is 0 Å². The fraction of sp³-hybridized carbons (Fsp3) is 0.231. The van der Waals surface area contributed by atoms with Crippen molar-refractivity contribution >= 4 is 11.8 Å². The van der Waals surface area contributed by atoms with E-state index in [1.54, 1.807) is 18.2 Å². The summed E-state index contributed by atoms with van der Waals surface area (Å²) in [7, 11) is 0. The monoisotopic (exact) mass is 244 g/mol. The minimum absolute atomic E-state index is 0.267. The number of hydrogen-bond donors (Lipinski definition) is 2. The Morgan fingerprint density at radius 1 is 1.17 bits per heavy atom. The Bertz CT molecular complexity index is 564. The number of nitrogens with two attached hydrogens (primary N) is 1. The van der Waals surface area contributed by atoms with Gasteiger partial charge in [0, 0.05) is 17.7 Å². The van der Waals surface area contributed by atoms with Crippen LogP contribution in [0.15, 0.2) is 30.3 Å². The van der Waals surface area contributed by atoms with E-state index in [2.05, 4.69) is 15.3 Å². The van der Waals surface area contributed by atoms with Crippen LogP contribution in [0.3, 0.4) is 0 Å². The summed E-state index contributed by atoms with van der Waals surface area (Å²) in [6.07, 6.45) is 2.29. The molecular weight excluding hydrogens is 231 g/mol. The molecule has 0 atom stereocenters. The Morgan fingerprint density at radius 2 is 1.89 bits per heavy atom. The summed E-state index contributed by atoms with van der Waals surface area (Å²) >= 11 is 0. The number of nitrogen functional groups attached to an aromatic ring is 1. The van der Waals surface area contributed by atoms with Gasteiger partial charge in [-0.1, -0.05) is 0 Å². The van der Waals surface area contributed by atoms with Crippen molar-refractivity contribution < 1.29 is 4.39 Å². The Hall–Kier alpha value is -2.17. The summed E-state index contributed by atoms with van der Waals surface area (Å²) in [6.45, 7) is 0. The zero-order valence-electron chi connectivity index (χ0n) is 9.73. The minimum Gasteiger partial charge on any atom is -0.384 e. The lowest BCUT2D eigenvalue weighted by Crippen LogP contribution is -2.07. The largest absolute Gasteiger partial charge is 0.384 e. The highest BCUT2D eigenvalue weighted by Crippen LogP contribution is 2.25. The van der Waals surface area contributed by atoms with Crippen LogP contribution in [0.25, 0.3) is 11.3 Å². The van der Waals surface area contributed by atoms with Gasteiger partial charge in [0.15, 0.2) is 0 Å².